The van der Waals surface area contributed by atoms with E-state index in [0.717, 1.165) is 0 Å². The van der Waals surface area contributed by atoms with Crippen LogP contribution in [0.15, 0.2) is 0 Å². The molecule has 80 valence electrons. The SMILES string of the molecule is CCOC(=O)N1[C@H]2[C@H](O)[C@H]([C@@H]2Br)[C@H]1C. The van der Waals surface area contributed by atoms with Gasteiger partial charge in [0.1, 0.15) is 0 Å². The Morgan fingerprint density at radius 2 is 2.29 bits per heavy atom. The van der Waals surface area contributed by atoms with E-state index < -0.39 is 6.10 Å². The molecule has 0 aromatic carbocycles. The summed E-state index contributed by atoms with van der Waals surface area (Å²) in [6.45, 7) is 4.11. The first kappa shape index (κ1) is 10.2. The Morgan fingerprint density at radius 1 is 1.64 bits per heavy atom. The maximum absolute atomic E-state index is 11.6. The monoisotopic (exact) mass is 263 g/mol. The van der Waals surface area contributed by atoms with Gasteiger partial charge in [0, 0.05) is 16.8 Å². The fourth-order valence-electron chi connectivity index (χ4n) is 2.50. The van der Waals surface area contributed by atoms with Crippen LogP contribution in [-0.4, -0.2) is 45.7 Å². The van der Waals surface area contributed by atoms with E-state index in [1.54, 1.807) is 11.8 Å². The second-order valence-electron chi connectivity index (χ2n) is 3.85. The average Bonchev–Trinajstić information content (AvgIpc) is 2.54. The Hall–Kier alpha value is -0.290. The van der Waals surface area contributed by atoms with E-state index in [1.165, 1.54) is 0 Å². The van der Waals surface area contributed by atoms with Gasteiger partial charge in [-0.2, -0.15) is 0 Å². The fraction of sp³-hybridized carbons (Fsp3) is 0.889. The third-order valence-corrected chi connectivity index (χ3v) is 4.39. The lowest BCUT2D eigenvalue weighted by atomic mass is 9.80. The molecule has 2 bridgehead atoms. The smallest absolute Gasteiger partial charge is 0.410 e. The third kappa shape index (κ3) is 1.11. The van der Waals surface area contributed by atoms with Crippen molar-refractivity contribution in [3.05, 3.63) is 0 Å². The number of hydrogen-bond donors (Lipinski definition) is 1. The highest BCUT2D eigenvalue weighted by molar-refractivity contribution is 9.09. The molecule has 5 atom stereocenters. The Morgan fingerprint density at radius 3 is 2.64 bits per heavy atom. The van der Waals surface area contributed by atoms with Gasteiger partial charge in [0.25, 0.3) is 0 Å². The van der Waals surface area contributed by atoms with Crippen LogP contribution >= 0.6 is 15.9 Å². The molecule has 0 unspecified atom stereocenters. The minimum atomic E-state index is -0.390. The summed E-state index contributed by atoms with van der Waals surface area (Å²) in [7, 11) is 0. The zero-order valence-electron chi connectivity index (χ0n) is 8.18. The standard InChI is InChI=1S/C9H14BrNO3/c1-3-14-9(13)11-4(2)5-6(10)7(11)8(5)12/h4-8,12H,3H2,1-2H3/t4-,5+,6+,7-,8-/m1/s1. The van der Waals surface area contributed by atoms with Crippen LogP contribution in [0.5, 0.6) is 0 Å². The summed E-state index contributed by atoms with van der Waals surface area (Å²) >= 11 is 3.48. The maximum Gasteiger partial charge on any atom is 0.410 e. The number of nitrogens with zero attached hydrogens (tertiary/aromatic N) is 1. The summed E-state index contributed by atoms with van der Waals surface area (Å²) in [6, 6.07) is -0.0347. The number of halogens is 1. The second kappa shape index (κ2) is 3.38. The summed E-state index contributed by atoms with van der Waals surface area (Å²) in [6.07, 6.45) is -0.702. The number of carbonyl (C=O) groups is 1. The molecule has 1 saturated carbocycles. The largest absolute Gasteiger partial charge is 0.450 e. The van der Waals surface area contributed by atoms with E-state index in [4.69, 9.17) is 4.74 Å². The van der Waals surface area contributed by atoms with Crippen molar-refractivity contribution in [1.29, 1.82) is 0 Å². The van der Waals surface area contributed by atoms with Crippen molar-refractivity contribution in [2.75, 3.05) is 6.61 Å². The van der Waals surface area contributed by atoms with Crippen molar-refractivity contribution in [3.8, 4) is 0 Å². The Balaban J connectivity index is 2.11. The molecule has 3 fully saturated rings. The molecule has 3 aliphatic rings. The molecule has 0 aromatic heterocycles. The molecule has 1 aliphatic carbocycles. The Kier molecular flexibility index (Phi) is 2.47. The molecule has 2 heterocycles. The van der Waals surface area contributed by atoms with Crippen LogP contribution in [0.1, 0.15) is 13.8 Å². The van der Waals surface area contributed by atoms with Gasteiger partial charge in [-0.15, -0.1) is 0 Å². The van der Waals surface area contributed by atoms with Crippen molar-refractivity contribution in [2.24, 2.45) is 5.92 Å². The van der Waals surface area contributed by atoms with E-state index in [-0.39, 0.29) is 28.9 Å². The lowest BCUT2D eigenvalue weighted by Crippen LogP contribution is -2.54. The molecule has 2 saturated heterocycles. The number of rotatable bonds is 1. The lowest BCUT2D eigenvalue weighted by molar-refractivity contribution is 0.0270. The molecule has 0 aromatic rings. The predicted molar refractivity (Wildman–Crippen MR) is 54.3 cm³/mol. The molecule has 3 rings (SSSR count). The number of ether oxygens (including phenoxy) is 1. The quantitative estimate of drug-likeness (QED) is 0.718. The molecule has 0 spiro atoms. The van der Waals surface area contributed by atoms with Gasteiger partial charge in [-0.3, -0.25) is 4.90 Å². The molecule has 14 heavy (non-hydrogen) atoms. The van der Waals surface area contributed by atoms with Crippen molar-refractivity contribution in [2.45, 2.75) is 36.9 Å². The molecule has 2 aliphatic heterocycles. The van der Waals surface area contributed by atoms with Crippen LogP contribution in [-0.2, 0) is 4.74 Å². The van der Waals surface area contributed by atoms with Gasteiger partial charge >= 0.3 is 6.09 Å². The summed E-state index contributed by atoms with van der Waals surface area (Å²) < 4.78 is 4.94. The highest BCUT2D eigenvalue weighted by Gasteiger charge is 2.64. The second-order valence-corrected chi connectivity index (χ2v) is 4.91. The number of hydrogen-bond acceptors (Lipinski definition) is 3. The summed E-state index contributed by atoms with van der Waals surface area (Å²) in [4.78, 5) is 13.4. The summed E-state index contributed by atoms with van der Waals surface area (Å²) in [5, 5.41) is 9.70. The van der Waals surface area contributed by atoms with Gasteiger partial charge in [0.2, 0.25) is 0 Å². The van der Waals surface area contributed by atoms with Crippen molar-refractivity contribution in [1.82, 2.24) is 4.90 Å². The molecule has 0 radical (unpaired) electrons. The first-order valence-corrected chi connectivity index (χ1v) is 5.78. The van der Waals surface area contributed by atoms with E-state index in [1.807, 2.05) is 6.92 Å². The molecule has 5 heteroatoms. The molecule has 1 N–H and O–H groups in total. The summed E-state index contributed by atoms with van der Waals surface area (Å²) in [5.41, 5.74) is 0. The van der Waals surface area contributed by atoms with Crippen LogP contribution in [0.3, 0.4) is 0 Å². The van der Waals surface area contributed by atoms with Crippen LogP contribution < -0.4 is 0 Å². The third-order valence-electron chi connectivity index (χ3n) is 3.23. The van der Waals surface area contributed by atoms with Crippen molar-refractivity contribution < 1.29 is 14.6 Å². The Labute approximate surface area is 91.3 Å². The van der Waals surface area contributed by atoms with E-state index in [2.05, 4.69) is 15.9 Å². The first-order valence-electron chi connectivity index (χ1n) is 4.86. The van der Waals surface area contributed by atoms with Gasteiger partial charge in [-0.25, -0.2) is 4.79 Å². The van der Waals surface area contributed by atoms with E-state index in [0.29, 0.717) is 6.61 Å². The normalized spacial score (nSPS) is 44.9. The van der Waals surface area contributed by atoms with Crippen LogP contribution in [0, 0.1) is 5.92 Å². The van der Waals surface area contributed by atoms with Gasteiger partial charge in [-0.1, -0.05) is 15.9 Å². The highest BCUT2D eigenvalue weighted by atomic mass is 79.9. The molecule has 4 nitrogen and oxygen atoms in total. The highest BCUT2D eigenvalue weighted by Crippen LogP contribution is 2.50. The minimum absolute atomic E-state index is 0.0680. The number of carbonyl (C=O) groups excluding carboxylic acids is 1. The van der Waals surface area contributed by atoms with Gasteiger partial charge < -0.3 is 9.84 Å². The maximum atomic E-state index is 11.6. The van der Waals surface area contributed by atoms with Gasteiger partial charge in [0.15, 0.2) is 0 Å². The fourth-order valence-corrected chi connectivity index (χ4v) is 3.82. The average molecular weight is 264 g/mol. The molecule has 1 amide bonds. The van der Waals surface area contributed by atoms with Crippen LogP contribution in [0.4, 0.5) is 4.79 Å². The molecular weight excluding hydrogens is 250 g/mol. The van der Waals surface area contributed by atoms with Crippen molar-refractivity contribution >= 4 is 22.0 Å². The number of fused-ring (bicyclic) bond motifs is 1. The van der Waals surface area contributed by atoms with E-state index in [9.17, 15) is 9.90 Å². The number of alkyl halides is 1. The zero-order valence-corrected chi connectivity index (χ0v) is 9.77. The minimum Gasteiger partial charge on any atom is -0.450 e. The first-order chi connectivity index (χ1) is 6.59. The number of aliphatic hydroxyl groups is 1. The predicted octanol–water partition coefficient (Wildman–Crippen LogP) is 0.970. The van der Waals surface area contributed by atoms with Crippen molar-refractivity contribution in [3.63, 3.8) is 0 Å². The van der Waals surface area contributed by atoms with E-state index >= 15 is 0 Å². The van der Waals surface area contributed by atoms with Crippen LogP contribution in [0.25, 0.3) is 0 Å². The van der Waals surface area contributed by atoms with Crippen LogP contribution in [0.2, 0.25) is 0 Å². The van der Waals surface area contributed by atoms with Gasteiger partial charge in [0.05, 0.1) is 18.8 Å². The molecular formula is C9H14BrNO3. The summed E-state index contributed by atoms with van der Waals surface area (Å²) in [5.74, 6) is 0.157. The number of aliphatic hydroxyl groups excluding tert-OH is 1. The van der Waals surface area contributed by atoms with Gasteiger partial charge in [-0.05, 0) is 13.8 Å². The zero-order chi connectivity index (χ0) is 10.5. The Bertz CT molecular complexity index is 250. The number of amides is 1. The topological polar surface area (TPSA) is 49.8 Å². The lowest BCUT2D eigenvalue weighted by Gasteiger charge is -2.37.